The Morgan fingerprint density at radius 3 is 2.42 bits per heavy atom. The summed E-state index contributed by atoms with van der Waals surface area (Å²) < 4.78 is 1.69. The minimum atomic E-state index is -0.0515. The first-order valence-electron chi connectivity index (χ1n) is 8.31. The van der Waals surface area contributed by atoms with Gasteiger partial charge in [-0.05, 0) is 51.3 Å². The highest BCUT2D eigenvalue weighted by molar-refractivity contribution is 6.30. The van der Waals surface area contributed by atoms with Crippen molar-refractivity contribution in [3.63, 3.8) is 0 Å². The van der Waals surface area contributed by atoms with E-state index in [1.54, 1.807) is 10.9 Å². The molecule has 0 aliphatic heterocycles. The van der Waals surface area contributed by atoms with E-state index in [1.807, 2.05) is 49.9 Å². The van der Waals surface area contributed by atoms with Crippen molar-refractivity contribution in [2.24, 2.45) is 0 Å². The van der Waals surface area contributed by atoms with Gasteiger partial charge in [0.25, 0.3) is 5.91 Å². The van der Waals surface area contributed by atoms with Crippen LogP contribution in [-0.4, -0.2) is 26.6 Å². The van der Waals surface area contributed by atoms with Crippen molar-refractivity contribution >= 4 is 23.3 Å². The smallest absolute Gasteiger partial charge is 0.259 e. The molecule has 0 radical (unpaired) electrons. The van der Waals surface area contributed by atoms with Crippen LogP contribution < -0.4 is 5.73 Å². The predicted molar refractivity (Wildman–Crippen MR) is 96.1 cm³/mol. The summed E-state index contributed by atoms with van der Waals surface area (Å²) in [5.41, 5.74) is 7.70. The van der Waals surface area contributed by atoms with Crippen molar-refractivity contribution in [2.45, 2.75) is 51.7 Å². The molecule has 0 bridgehead atoms. The average Bonchev–Trinajstić information content (AvgIpc) is 3.29. The molecule has 2 aromatic rings. The van der Waals surface area contributed by atoms with Crippen molar-refractivity contribution in [3.8, 4) is 0 Å². The number of nitrogens with two attached hydrogens (primary N) is 1. The lowest BCUT2D eigenvalue weighted by Gasteiger charge is -2.29. The summed E-state index contributed by atoms with van der Waals surface area (Å²) in [6.45, 7) is 6.03. The van der Waals surface area contributed by atoms with Crippen LogP contribution in [0.3, 0.4) is 0 Å². The number of amides is 1. The highest BCUT2D eigenvalue weighted by Gasteiger charge is 2.38. The van der Waals surface area contributed by atoms with E-state index in [-0.39, 0.29) is 24.0 Å². The molecular formula is C18H23ClN4O. The number of rotatable bonds is 5. The monoisotopic (exact) mass is 346 g/mol. The molecule has 0 spiro atoms. The molecule has 6 heteroatoms. The minimum absolute atomic E-state index is 0.0379. The van der Waals surface area contributed by atoms with Crippen LogP contribution in [0.15, 0.2) is 30.5 Å². The van der Waals surface area contributed by atoms with Crippen LogP contribution in [0.4, 0.5) is 5.82 Å². The Bertz CT molecular complexity index is 734. The van der Waals surface area contributed by atoms with E-state index in [9.17, 15) is 4.79 Å². The third-order valence-electron chi connectivity index (χ3n) is 4.50. The van der Waals surface area contributed by atoms with Crippen molar-refractivity contribution < 1.29 is 4.79 Å². The lowest BCUT2D eigenvalue weighted by atomic mass is 10.1. The van der Waals surface area contributed by atoms with E-state index in [2.05, 4.69) is 5.10 Å². The van der Waals surface area contributed by atoms with Gasteiger partial charge in [0.15, 0.2) is 0 Å². The molecule has 128 valence electrons. The molecule has 1 atom stereocenters. The predicted octanol–water partition coefficient (Wildman–Crippen LogP) is 4.07. The number of anilines is 1. The second kappa shape index (κ2) is 6.48. The second-order valence-corrected chi connectivity index (χ2v) is 7.09. The maximum absolute atomic E-state index is 13.1. The highest BCUT2D eigenvalue weighted by Crippen LogP contribution is 2.36. The van der Waals surface area contributed by atoms with E-state index >= 15 is 0 Å². The maximum atomic E-state index is 13.1. The summed E-state index contributed by atoms with van der Waals surface area (Å²) in [5.74, 6) is 0.383. The SMILES string of the molecule is CC(c1ccc(Cl)cc1)N(C(=O)c1cnn(C(C)C)c1N)C1CC1. The van der Waals surface area contributed by atoms with Crippen LogP contribution in [0.2, 0.25) is 5.02 Å². The Morgan fingerprint density at radius 2 is 1.92 bits per heavy atom. The number of benzene rings is 1. The fourth-order valence-corrected chi connectivity index (χ4v) is 3.13. The van der Waals surface area contributed by atoms with Crippen molar-refractivity contribution in [2.75, 3.05) is 5.73 Å². The van der Waals surface area contributed by atoms with Gasteiger partial charge >= 0.3 is 0 Å². The fraction of sp³-hybridized carbons (Fsp3) is 0.444. The lowest BCUT2D eigenvalue weighted by molar-refractivity contribution is 0.0675. The Morgan fingerprint density at radius 1 is 1.29 bits per heavy atom. The van der Waals surface area contributed by atoms with Gasteiger partial charge in [-0.1, -0.05) is 23.7 Å². The molecule has 5 nitrogen and oxygen atoms in total. The summed E-state index contributed by atoms with van der Waals surface area (Å²) in [6.07, 6.45) is 3.64. The first-order chi connectivity index (χ1) is 11.4. The number of aromatic nitrogens is 2. The molecule has 24 heavy (non-hydrogen) atoms. The summed E-state index contributed by atoms with van der Waals surface area (Å²) >= 11 is 5.97. The van der Waals surface area contributed by atoms with Crippen LogP contribution in [0.25, 0.3) is 0 Å². The van der Waals surface area contributed by atoms with Crippen LogP contribution in [-0.2, 0) is 0 Å². The van der Waals surface area contributed by atoms with Gasteiger partial charge in [0.2, 0.25) is 0 Å². The van der Waals surface area contributed by atoms with Gasteiger partial charge in [-0.15, -0.1) is 0 Å². The van der Waals surface area contributed by atoms with Gasteiger partial charge in [0.05, 0.1) is 12.2 Å². The van der Waals surface area contributed by atoms with Gasteiger partial charge in [0.1, 0.15) is 11.4 Å². The normalized spacial score (nSPS) is 15.5. The van der Waals surface area contributed by atoms with Gasteiger partial charge in [0, 0.05) is 17.1 Å². The van der Waals surface area contributed by atoms with Gasteiger partial charge in [-0.2, -0.15) is 5.10 Å². The molecule has 1 fully saturated rings. The number of nitrogen functional groups attached to an aromatic ring is 1. The van der Waals surface area contributed by atoms with E-state index in [1.165, 1.54) is 0 Å². The third-order valence-corrected chi connectivity index (χ3v) is 4.75. The van der Waals surface area contributed by atoms with E-state index in [0.717, 1.165) is 18.4 Å². The molecule has 1 aromatic heterocycles. The van der Waals surface area contributed by atoms with Gasteiger partial charge < -0.3 is 10.6 Å². The Labute approximate surface area is 147 Å². The summed E-state index contributed by atoms with van der Waals surface area (Å²) in [7, 11) is 0. The number of carbonyl (C=O) groups is 1. The first-order valence-corrected chi connectivity index (χ1v) is 8.69. The zero-order valence-corrected chi connectivity index (χ0v) is 15.0. The van der Waals surface area contributed by atoms with E-state index < -0.39 is 0 Å². The lowest BCUT2D eigenvalue weighted by Crippen LogP contribution is -2.35. The number of hydrogen-bond donors (Lipinski definition) is 1. The van der Waals surface area contributed by atoms with Crippen LogP contribution >= 0.6 is 11.6 Å². The molecule has 0 saturated heterocycles. The first kappa shape index (κ1) is 16.8. The summed E-state index contributed by atoms with van der Waals surface area (Å²) in [5, 5.41) is 4.96. The largest absolute Gasteiger partial charge is 0.383 e. The molecular weight excluding hydrogens is 324 g/mol. The molecule has 1 heterocycles. The molecule has 1 aliphatic carbocycles. The Balaban J connectivity index is 1.91. The zero-order valence-electron chi connectivity index (χ0n) is 14.2. The Kier molecular flexibility index (Phi) is 4.54. The second-order valence-electron chi connectivity index (χ2n) is 6.65. The summed E-state index contributed by atoms with van der Waals surface area (Å²) in [6, 6.07) is 8.00. The van der Waals surface area contributed by atoms with Gasteiger partial charge in [-0.3, -0.25) is 4.79 Å². The van der Waals surface area contributed by atoms with E-state index in [4.69, 9.17) is 17.3 Å². The van der Waals surface area contributed by atoms with Crippen LogP contribution in [0, 0.1) is 0 Å². The Hall–Kier alpha value is -2.01. The molecule has 1 amide bonds. The maximum Gasteiger partial charge on any atom is 0.259 e. The number of hydrogen-bond acceptors (Lipinski definition) is 3. The quantitative estimate of drug-likeness (QED) is 0.887. The average molecular weight is 347 g/mol. The van der Waals surface area contributed by atoms with Crippen LogP contribution in [0.1, 0.15) is 61.6 Å². The van der Waals surface area contributed by atoms with Crippen LogP contribution in [0.5, 0.6) is 0 Å². The van der Waals surface area contributed by atoms with Crippen molar-refractivity contribution in [1.82, 2.24) is 14.7 Å². The fourth-order valence-electron chi connectivity index (χ4n) is 3.00. The molecule has 1 aromatic carbocycles. The number of nitrogens with zero attached hydrogens (tertiary/aromatic N) is 3. The topological polar surface area (TPSA) is 64.2 Å². The third kappa shape index (κ3) is 3.13. The van der Waals surface area contributed by atoms with Crippen molar-refractivity contribution in [1.29, 1.82) is 0 Å². The molecule has 3 rings (SSSR count). The molecule has 1 saturated carbocycles. The highest BCUT2D eigenvalue weighted by atomic mass is 35.5. The summed E-state index contributed by atoms with van der Waals surface area (Å²) in [4.78, 5) is 15.1. The zero-order chi connectivity index (χ0) is 17.4. The van der Waals surface area contributed by atoms with E-state index in [0.29, 0.717) is 16.4 Å². The molecule has 1 unspecified atom stereocenters. The number of halogens is 1. The number of carbonyl (C=O) groups excluding carboxylic acids is 1. The standard InChI is InChI=1S/C18H23ClN4O/c1-11(2)23-17(20)16(10-21-23)18(24)22(15-8-9-15)12(3)13-4-6-14(19)7-5-13/h4-7,10-12,15H,8-9,20H2,1-3H3. The minimum Gasteiger partial charge on any atom is -0.383 e. The van der Waals surface area contributed by atoms with Crippen molar-refractivity contribution in [3.05, 3.63) is 46.6 Å². The molecule has 2 N–H and O–H groups in total. The molecule has 1 aliphatic rings. The van der Waals surface area contributed by atoms with Gasteiger partial charge in [-0.25, -0.2) is 4.68 Å².